The number of halogens is 3. The van der Waals surface area contributed by atoms with Crippen LogP contribution < -0.4 is 5.32 Å². The number of pyridine rings is 1. The first-order valence-corrected chi connectivity index (χ1v) is 12.0. The monoisotopic (exact) mass is 514 g/mol. The van der Waals surface area contributed by atoms with Crippen molar-refractivity contribution in [3.63, 3.8) is 0 Å². The zero-order valence-corrected chi connectivity index (χ0v) is 21.1. The molecule has 1 aromatic heterocycles. The lowest BCUT2D eigenvalue weighted by molar-refractivity contribution is -0.137. The molecule has 0 bridgehead atoms. The van der Waals surface area contributed by atoms with Gasteiger partial charge in [0.25, 0.3) is 5.91 Å². The van der Waals surface area contributed by atoms with E-state index < -0.39 is 11.7 Å². The van der Waals surface area contributed by atoms with Crippen molar-refractivity contribution in [1.82, 2.24) is 15.2 Å². The van der Waals surface area contributed by atoms with E-state index >= 15 is 0 Å². The Bertz CT molecular complexity index is 1090. The average Bonchev–Trinajstić information content (AvgIpc) is 2.88. The van der Waals surface area contributed by atoms with Crippen LogP contribution in [0.15, 0.2) is 79.3 Å². The van der Waals surface area contributed by atoms with Crippen molar-refractivity contribution >= 4 is 11.7 Å². The van der Waals surface area contributed by atoms with Crippen LogP contribution in [0.25, 0.3) is 11.3 Å². The highest BCUT2D eigenvalue weighted by Crippen LogP contribution is 2.29. The zero-order valence-electron chi connectivity index (χ0n) is 21.1. The van der Waals surface area contributed by atoms with E-state index in [-0.39, 0.29) is 18.3 Å². The largest absolute Gasteiger partial charge is 0.417 e. The summed E-state index contributed by atoms with van der Waals surface area (Å²) in [6.45, 7) is 9.43. The van der Waals surface area contributed by atoms with E-state index in [1.807, 2.05) is 13.0 Å². The predicted molar refractivity (Wildman–Crippen MR) is 140 cm³/mol. The van der Waals surface area contributed by atoms with Crippen molar-refractivity contribution in [1.29, 1.82) is 5.41 Å². The first-order chi connectivity index (χ1) is 17.7. The summed E-state index contributed by atoms with van der Waals surface area (Å²) in [7, 11) is 0. The molecule has 198 valence electrons. The molecule has 2 N–H and O–H groups in total. The molecular formula is C28H33F3N4O2. The third-order valence-electron chi connectivity index (χ3n) is 5.29. The molecule has 1 aromatic carbocycles. The average molecular weight is 515 g/mol. The maximum atomic E-state index is 12.7. The van der Waals surface area contributed by atoms with Crippen LogP contribution in [0.2, 0.25) is 0 Å². The molecule has 2 aromatic rings. The van der Waals surface area contributed by atoms with Crippen LogP contribution in [0.4, 0.5) is 13.2 Å². The number of ether oxygens (including phenoxy) is 1. The van der Waals surface area contributed by atoms with Crippen LogP contribution in [0.3, 0.4) is 0 Å². The summed E-state index contributed by atoms with van der Waals surface area (Å²) in [5.74, 6) is -0.0984. The number of aromatic nitrogens is 1. The quantitative estimate of drug-likeness (QED) is 0.180. The topological polar surface area (TPSA) is 78.3 Å². The van der Waals surface area contributed by atoms with Gasteiger partial charge >= 0.3 is 6.18 Å². The molecule has 0 aliphatic carbocycles. The Morgan fingerprint density at radius 2 is 1.92 bits per heavy atom. The third-order valence-corrected chi connectivity index (χ3v) is 5.29. The van der Waals surface area contributed by atoms with Crippen molar-refractivity contribution in [2.45, 2.75) is 39.3 Å². The molecule has 1 amide bonds. The molecule has 0 aliphatic heterocycles. The molecule has 2 rings (SSSR count). The van der Waals surface area contributed by atoms with Gasteiger partial charge in [-0.05, 0) is 56.5 Å². The Hall–Kier alpha value is -3.72. The highest BCUT2D eigenvalue weighted by atomic mass is 19.4. The maximum absolute atomic E-state index is 12.7. The Labute approximate surface area is 216 Å². The Balaban J connectivity index is 1.85. The highest BCUT2D eigenvalue weighted by Gasteiger charge is 2.30. The van der Waals surface area contributed by atoms with Crippen LogP contribution in [0.1, 0.15) is 49.0 Å². The first-order valence-electron chi connectivity index (χ1n) is 12.0. The van der Waals surface area contributed by atoms with Crippen LogP contribution in [0.5, 0.6) is 0 Å². The number of hydrogen-bond acceptors (Lipinski definition) is 4. The van der Waals surface area contributed by atoms with Crippen LogP contribution in [-0.2, 0) is 10.9 Å². The number of amides is 1. The van der Waals surface area contributed by atoms with Gasteiger partial charge in [-0.2, -0.15) is 13.2 Å². The number of alkyl halides is 3. The van der Waals surface area contributed by atoms with E-state index in [0.29, 0.717) is 23.4 Å². The summed E-state index contributed by atoms with van der Waals surface area (Å²) in [6, 6.07) is 8.68. The molecule has 37 heavy (non-hydrogen) atoms. The van der Waals surface area contributed by atoms with Crippen LogP contribution >= 0.6 is 0 Å². The van der Waals surface area contributed by atoms with E-state index in [1.165, 1.54) is 6.07 Å². The molecule has 0 spiro atoms. The minimum absolute atomic E-state index is 0.214. The Kier molecular flexibility index (Phi) is 11.8. The second-order valence-electron chi connectivity index (χ2n) is 8.16. The Morgan fingerprint density at radius 1 is 1.19 bits per heavy atom. The SMILES string of the molecule is C=CN(C(=N)/C=C\CNC(=O)c1ccc(-c2ccc(C(F)(F)F)cn2)cc1)/C(C)=C/CCCOCCC. The zero-order chi connectivity index (χ0) is 27.3. The number of unbranched alkanes of at least 4 members (excludes halogenated alkanes) is 1. The highest BCUT2D eigenvalue weighted by molar-refractivity contribution is 5.95. The predicted octanol–water partition coefficient (Wildman–Crippen LogP) is 6.59. The van der Waals surface area contributed by atoms with Gasteiger partial charge in [-0.25, -0.2) is 0 Å². The number of hydrogen-bond donors (Lipinski definition) is 2. The molecule has 0 atom stereocenters. The van der Waals surface area contributed by atoms with Gasteiger partial charge in [0.2, 0.25) is 0 Å². The molecule has 0 radical (unpaired) electrons. The van der Waals surface area contributed by atoms with Gasteiger partial charge in [-0.3, -0.25) is 15.2 Å². The van der Waals surface area contributed by atoms with E-state index in [4.69, 9.17) is 10.1 Å². The summed E-state index contributed by atoms with van der Waals surface area (Å²) < 4.78 is 43.6. The van der Waals surface area contributed by atoms with Gasteiger partial charge < -0.3 is 15.0 Å². The third kappa shape index (κ3) is 9.69. The molecule has 1 heterocycles. The lowest BCUT2D eigenvalue weighted by Crippen LogP contribution is -2.24. The van der Waals surface area contributed by atoms with Crippen molar-refractivity contribution < 1.29 is 22.7 Å². The van der Waals surface area contributed by atoms with E-state index in [0.717, 1.165) is 43.8 Å². The fourth-order valence-corrected chi connectivity index (χ4v) is 3.30. The van der Waals surface area contributed by atoms with Gasteiger partial charge in [0, 0.05) is 49.0 Å². The van der Waals surface area contributed by atoms with Gasteiger partial charge in [0.1, 0.15) is 5.84 Å². The van der Waals surface area contributed by atoms with Gasteiger partial charge in [-0.15, -0.1) is 0 Å². The second kappa shape index (κ2) is 14.7. The number of nitrogens with zero attached hydrogens (tertiary/aromatic N) is 2. The van der Waals surface area contributed by atoms with Crippen molar-refractivity contribution in [2.24, 2.45) is 0 Å². The second-order valence-corrected chi connectivity index (χ2v) is 8.16. The fraction of sp³-hybridized carbons (Fsp3) is 0.321. The number of benzene rings is 1. The van der Waals surface area contributed by atoms with Gasteiger partial charge in [-0.1, -0.05) is 37.8 Å². The normalized spacial score (nSPS) is 12.0. The standard InChI is InChI=1S/C28H33F3N4O2/c1-4-18-37-19-7-6-9-21(3)35(5-2)26(32)10-8-17-33-27(36)23-13-11-22(12-14-23)25-16-15-24(20-34-25)28(29,30)31/h5,8-16,20,32H,2,4,6-7,17-19H2,1,3H3,(H,33,36)/b10-8-,21-9+,32-26?. The summed E-state index contributed by atoms with van der Waals surface area (Å²) >= 11 is 0. The van der Waals surface area contributed by atoms with Crippen molar-refractivity contribution in [2.75, 3.05) is 19.8 Å². The molecule has 6 nitrogen and oxygen atoms in total. The molecule has 0 saturated carbocycles. The fourth-order valence-electron chi connectivity index (χ4n) is 3.30. The number of allylic oxidation sites excluding steroid dienone is 2. The number of nitrogens with one attached hydrogen (secondary N) is 2. The number of rotatable bonds is 13. The van der Waals surface area contributed by atoms with Gasteiger partial charge in [0.05, 0.1) is 11.3 Å². The molecule has 0 unspecified atom stereocenters. The minimum atomic E-state index is -4.44. The van der Waals surface area contributed by atoms with E-state index in [1.54, 1.807) is 47.5 Å². The molecule has 0 fully saturated rings. The van der Waals surface area contributed by atoms with Gasteiger partial charge in [0.15, 0.2) is 0 Å². The molecule has 9 heteroatoms. The summed E-state index contributed by atoms with van der Waals surface area (Å²) in [5, 5.41) is 11.0. The van der Waals surface area contributed by atoms with Crippen molar-refractivity contribution in [3.05, 3.63) is 90.4 Å². The maximum Gasteiger partial charge on any atom is 0.417 e. The van der Waals surface area contributed by atoms with Crippen LogP contribution in [-0.4, -0.2) is 41.4 Å². The van der Waals surface area contributed by atoms with Crippen molar-refractivity contribution in [3.8, 4) is 11.3 Å². The minimum Gasteiger partial charge on any atom is -0.381 e. The Morgan fingerprint density at radius 3 is 2.51 bits per heavy atom. The lowest BCUT2D eigenvalue weighted by Gasteiger charge is -2.19. The smallest absolute Gasteiger partial charge is 0.381 e. The van der Waals surface area contributed by atoms with E-state index in [2.05, 4.69) is 23.8 Å². The summed E-state index contributed by atoms with van der Waals surface area (Å²) in [4.78, 5) is 17.9. The number of carbonyl (C=O) groups excluding carboxylic acids is 1. The molecule has 0 saturated heterocycles. The lowest BCUT2D eigenvalue weighted by atomic mass is 10.1. The van der Waals surface area contributed by atoms with E-state index in [9.17, 15) is 18.0 Å². The molecule has 0 aliphatic rings. The summed E-state index contributed by atoms with van der Waals surface area (Å²) in [5.41, 5.74) is 1.44. The van der Waals surface area contributed by atoms with Crippen LogP contribution in [0, 0.1) is 5.41 Å². The first kappa shape index (κ1) is 29.5. The number of carbonyl (C=O) groups is 1. The molecular weight excluding hydrogens is 481 g/mol. The number of amidine groups is 1. The summed E-state index contributed by atoms with van der Waals surface area (Å²) in [6.07, 6.45) is 5.94.